The highest BCUT2D eigenvalue weighted by Crippen LogP contribution is 2.36. The third kappa shape index (κ3) is 3.53. The minimum absolute atomic E-state index is 0.0449. The van der Waals surface area contributed by atoms with Crippen LogP contribution in [0.25, 0.3) is 0 Å². The number of anilines is 2. The molecule has 0 saturated carbocycles. The summed E-state index contributed by atoms with van der Waals surface area (Å²) < 4.78 is 38.9. The van der Waals surface area contributed by atoms with E-state index in [0.717, 1.165) is 32.0 Å². The number of likely N-dealkylation sites (tertiary alicyclic amines) is 1. The molecule has 6 heteroatoms. The summed E-state index contributed by atoms with van der Waals surface area (Å²) in [6.45, 7) is 1.74. The fraction of sp³-hybridized carbons (Fsp3) is 0.538. The van der Waals surface area contributed by atoms with Crippen LogP contribution in [-0.4, -0.2) is 31.1 Å². The van der Waals surface area contributed by atoms with Crippen LogP contribution in [0.4, 0.5) is 24.5 Å². The highest BCUT2D eigenvalue weighted by molar-refractivity contribution is 5.59. The number of nitrogens with one attached hydrogen (secondary N) is 1. The maximum atomic E-state index is 13.0. The maximum Gasteiger partial charge on any atom is 0.418 e. The SMILES string of the molecule is CN1CCCC(Nc2ccc(N)cc2C(F)(F)F)C1. The van der Waals surface area contributed by atoms with Crippen LogP contribution in [0, 0.1) is 0 Å². The third-order valence-electron chi connectivity index (χ3n) is 3.33. The summed E-state index contributed by atoms with van der Waals surface area (Å²) in [5.41, 5.74) is 4.99. The van der Waals surface area contributed by atoms with E-state index < -0.39 is 11.7 Å². The molecule has 0 aliphatic carbocycles. The van der Waals surface area contributed by atoms with E-state index in [9.17, 15) is 13.2 Å². The summed E-state index contributed by atoms with van der Waals surface area (Å²) >= 11 is 0. The second kappa shape index (κ2) is 5.28. The van der Waals surface area contributed by atoms with E-state index in [1.807, 2.05) is 7.05 Å². The van der Waals surface area contributed by atoms with Gasteiger partial charge in [-0.05, 0) is 44.6 Å². The van der Waals surface area contributed by atoms with Crippen LogP contribution in [-0.2, 0) is 6.18 Å². The lowest BCUT2D eigenvalue weighted by Gasteiger charge is -2.31. The fourth-order valence-electron chi connectivity index (χ4n) is 2.43. The van der Waals surface area contributed by atoms with Gasteiger partial charge in [-0.15, -0.1) is 0 Å². The topological polar surface area (TPSA) is 41.3 Å². The quantitative estimate of drug-likeness (QED) is 0.814. The molecule has 106 valence electrons. The number of benzene rings is 1. The van der Waals surface area contributed by atoms with E-state index in [1.165, 1.54) is 12.1 Å². The number of piperidine rings is 1. The van der Waals surface area contributed by atoms with Gasteiger partial charge in [0.1, 0.15) is 0 Å². The molecule has 19 heavy (non-hydrogen) atoms. The molecule has 2 rings (SSSR count). The average molecular weight is 273 g/mol. The van der Waals surface area contributed by atoms with Crippen molar-refractivity contribution < 1.29 is 13.2 Å². The molecule has 0 aromatic heterocycles. The standard InChI is InChI=1S/C13H18F3N3/c1-19-6-2-3-10(8-19)18-12-5-4-9(17)7-11(12)13(14,15)16/h4-5,7,10,18H,2-3,6,8,17H2,1H3. The summed E-state index contributed by atoms with van der Waals surface area (Å²) in [4.78, 5) is 2.12. The van der Waals surface area contributed by atoms with E-state index in [-0.39, 0.29) is 17.4 Å². The van der Waals surface area contributed by atoms with E-state index in [2.05, 4.69) is 10.2 Å². The van der Waals surface area contributed by atoms with Crippen LogP contribution in [0.2, 0.25) is 0 Å². The Labute approximate surface area is 110 Å². The molecule has 1 unspecified atom stereocenters. The molecule has 1 fully saturated rings. The summed E-state index contributed by atoms with van der Waals surface area (Å²) in [5.74, 6) is 0. The number of alkyl halides is 3. The molecule has 0 spiro atoms. The summed E-state index contributed by atoms with van der Waals surface area (Å²) in [6, 6.07) is 3.93. The molecule has 1 atom stereocenters. The first kappa shape index (κ1) is 14.0. The Morgan fingerprint density at radius 2 is 2.11 bits per heavy atom. The van der Waals surface area contributed by atoms with Gasteiger partial charge >= 0.3 is 6.18 Å². The van der Waals surface area contributed by atoms with Crippen LogP contribution in [0.5, 0.6) is 0 Å². The molecule has 3 N–H and O–H groups in total. The number of nitrogens with zero attached hydrogens (tertiary/aromatic N) is 1. The lowest BCUT2D eigenvalue weighted by atomic mass is 10.0. The highest BCUT2D eigenvalue weighted by Gasteiger charge is 2.34. The Bertz CT molecular complexity index is 445. The van der Waals surface area contributed by atoms with Crippen LogP contribution in [0.15, 0.2) is 18.2 Å². The first-order valence-corrected chi connectivity index (χ1v) is 6.28. The molecule has 0 amide bonds. The predicted molar refractivity (Wildman–Crippen MR) is 70.0 cm³/mol. The molecular weight excluding hydrogens is 255 g/mol. The molecule has 1 aromatic rings. The zero-order valence-electron chi connectivity index (χ0n) is 10.8. The normalized spacial score (nSPS) is 21.4. The average Bonchev–Trinajstić information content (AvgIpc) is 2.30. The van der Waals surface area contributed by atoms with Gasteiger partial charge in [-0.1, -0.05) is 0 Å². The highest BCUT2D eigenvalue weighted by atomic mass is 19.4. The number of halogens is 3. The van der Waals surface area contributed by atoms with Crippen LogP contribution < -0.4 is 11.1 Å². The van der Waals surface area contributed by atoms with Crippen LogP contribution >= 0.6 is 0 Å². The van der Waals surface area contributed by atoms with E-state index in [0.29, 0.717) is 0 Å². The molecule has 1 heterocycles. The van der Waals surface area contributed by atoms with Crippen molar-refractivity contribution in [1.82, 2.24) is 4.90 Å². The maximum absolute atomic E-state index is 13.0. The van der Waals surface area contributed by atoms with E-state index >= 15 is 0 Å². The van der Waals surface area contributed by atoms with Gasteiger partial charge in [0.25, 0.3) is 0 Å². The lowest BCUT2D eigenvalue weighted by molar-refractivity contribution is -0.136. The van der Waals surface area contributed by atoms with Crippen molar-refractivity contribution in [2.75, 3.05) is 31.2 Å². The van der Waals surface area contributed by atoms with Gasteiger partial charge in [-0.25, -0.2) is 0 Å². The Hall–Kier alpha value is -1.43. The Morgan fingerprint density at radius 3 is 2.74 bits per heavy atom. The second-order valence-corrected chi connectivity index (χ2v) is 5.05. The van der Waals surface area contributed by atoms with Gasteiger partial charge in [-0.3, -0.25) is 0 Å². The molecule has 0 bridgehead atoms. The zero-order valence-corrected chi connectivity index (χ0v) is 10.8. The number of nitrogens with two attached hydrogens (primary N) is 1. The van der Waals surface area contributed by atoms with Gasteiger partial charge in [0.15, 0.2) is 0 Å². The van der Waals surface area contributed by atoms with Crippen molar-refractivity contribution in [3.05, 3.63) is 23.8 Å². The first-order chi connectivity index (χ1) is 8.86. The summed E-state index contributed by atoms with van der Waals surface area (Å²) in [6.07, 6.45) is -2.52. The Balaban J connectivity index is 2.20. The Morgan fingerprint density at radius 1 is 1.37 bits per heavy atom. The molecule has 1 aromatic carbocycles. The summed E-state index contributed by atoms with van der Waals surface area (Å²) in [7, 11) is 1.97. The minimum Gasteiger partial charge on any atom is -0.399 e. The van der Waals surface area contributed by atoms with Gasteiger partial charge in [0.2, 0.25) is 0 Å². The molecule has 1 aliphatic rings. The molecule has 1 saturated heterocycles. The number of hydrogen-bond acceptors (Lipinski definition) is 3. The lowest BCUT2D eigenvalue weighted by Crippen LogP contribution is -2.40. The van der Waals surface area contributed by atoms with Crippen LogP contribution in [0.3, 0.4) is 0 Å². The van der Waals surface area contributed by atoms with Crippen molar-refractivity contribution in [2.45, 2.75) is 25.1 Å². The summed E-state index contributed by atoms with van der Waals surface area (Å²) in [5, 5.41) is 3.00. The monoisotopic (exact) mass is 273 g/mol. The van der Waals surface area contributed by atoms with Gasteiger partial charge in [-0.2, -0.15) is 13.2 Å². The third-order valence-corrected chi connectivity index (χ3v) is 3.33. The zero-order chi connectivity index (χ0) is 14.0. The van der Waals surface area contributed by atoms with Crippen molar-refractivity contribution in [1.29, 1.82) is 0 Å². The number of nitrogen functional groups attached to an aromatic ring is 1. The van der Waals surface area contributed by atoms with E-state index in [4.69, 9.17) is 5.73 Å². The smallest absolute Gasteiger partial charge is 0.399 e. The van der Waals surface area contributed by atoms with Crippen LogP contribution in [0.1, 0.15) is 18.4 Å². The number of rotatable bonds is 2. The first-order valence-electron chi connectivity index (χ1n) is 6.28. The van der Waals surface area contributed by atoms with Gasteiger partial charge in [0.05, 0.1) is 5.56 Å². The minimum atomic E-state index is -4.39. The number of likely N-dealkylation sites (N-methyl/N-ethyl adjacent to an activating group) is 1. The second-order valence-electron chi connectivity index (χ2n) is 5.05. The fourth-order valence-corrected chi connectivity index (χ4v) is 2.43. The Kier molecular flexibility index (Phi) is 3.89. The van der Waals surface area contributed by atoms with Gasteiger partial charge in [0, 0.05) is 24.0 Å². The molecule has 3 nitrogen and oxygen atoms in total. The molecular formula is C13H18F3N3. The molecule has 0 radical (unpaired) electrons. The van der Waals surface area contributed by atoms with Crippen molar-refractivity contribution in [3.8, 4) is 0 Å². The van der Waals surface area contributed by atoms with Crippen molar-refractivity contribution in [3.63, 3.8) is 0 Å². The number of hydrogen-bond donors (Lipinski definition) is 2. The van der Waals surface area contributed by atoms with Gasteiger partial charge < -0.3 is 16.0 Å². The predicted octanol–water partition coefficient (Wildman–Crippen LogP) is 2.79. The van der Waals surface area contributed by atoms with Crippen molar-refractivity contribution >= 4 is 11.4 Å². The largest absolute Gasteiger partial charge is 0.418 e. The van der Waals surface area contributed by atoms with Crippen molar-refractivity contribution in [2.24, 2.45) is 0 Å². The molecule has 1 aliphatic heterocycles. The van der Waals surface area contributed by atoms with E-state index in [1.54, 1.807) is 0 Å².